The Hall–Kier alpha value is -0.860. The van der Waals surface area contributed by atoms with E-state index in [1.807, 2.05) is 0 Å². The van der Waals surface area contributed by atoms with E-state index in [4.69, 9.17) is 5.73 Å². The van der Waals surface area contributed by atoms with E-state index in [-0.39, 0.29) is 0 Å². The van der Waals surface area contributed by atoms with Crippen LogP contribution in [-0.2, 0) is 0 Å². The van der Waals surface area contributed by atoms with Crippen molar-refractivity contribution in [2.24, 2.45) is 11.7 Å². The molecule has 0 aromatic heterocycles. The Morgan fingerprint density at radius 1 is 1.32 bits per heavy atom. The number of nitrogens with zero attached hydrogens (tertiary/aromatic N) is 1. The van der Waals surface area contributed by atoms with E-state index in [9.17, 15) is 0 Å². The van der Waals surface area contributed by atoms with Crippen LogP contribution in [0.1, 0.15) is 51.1 Å². The van der Waals surface area contributed by atoms with Crippen molar-refractivity contribution in [3.05, 3.63) is 35.9 Å². The molecule has 1 fully saturated rings. The van der Waals surface area contributed by atoms with Crippen molar-refractivity contribution in [3.63, 3.8) is 0 Å². The minimum absolute atomic E-state index is 0.408. The standard InChI is InChI=1S/C17H28N2/c1-3-4-8-16-13-19(12-11-17(16)18)14(2)15-9-6-5-7-10-15/h5-7,9-10,14,16-17H,3-4,8,11-13,18H2,1-2H3/t14?,16-,17-/m1/s1. The predicted octanol–water partition coefficient (Wildman–Crippen LogP) is 3.59. The highest BCUT2D eigenvalue weighted by Crippen LogP contribution is 2.28. The first-order valence-corrected chi connectivity index (χ1v) is 7.77. The summed E-state index contributed by atoms with van der Waals surface area (Å²) in [6.07, 6.45) is 5.02. The van der Waals surface area contributed by atoms with Crippen molar-refractivity contribution in [3.8, 4) is 0 Å². The number of benzene rings is 1. The van der Waals surface area contributed by atoms with Gasteiger partial charge >= 0.3 is 0 Å². The molecule has 1 aromatic carbocycles. The van der Waals surface area contributed by atoms with Crippen LogP contribution in [0.4, 0.5) is 0 Å². The maximum Gasteiger partial charge on any atom is 0.0320 e. The van der Waals surface area contributed by atoms with Gasteiger partial charge in [0.15, 0.2) is 0 Å². The molecule has 1 heterocycles. The van der Waals surface area contributed by atoms with Crippen molar-refractivity contribution in [2.75, 3.05) is 13.1 Å². The van der Waals surface area contributed by atoms with Gasteiger partial charge in [0.1, 0.15) is 0 Å². The lowest BCUT2D eigenvalue weighted by Crippen LogP contribution is -2.47. The van der Waals surface area contributed by atoms with Crippen LogP contribution >= 0.6 is 0 Å². The molecule has 0 radical (unpaired) electrons. The highest BCUT2D eigenvalue weighted by Gasteiger charge is 2.28. The summed E-state index contributed by atoms with van der Waals surface area (Å²) in [5, 5.41) is 0. The van der Waals surface area contributed by atoms with E-state index in [0.29, 0.717) is 18.0 Å². The molecule has 1 aromatic rings. The monoisotopic (exact) mass is 260 g/mol. The molecule has 106 valence electrons. The highest BCUT2D eigenvalue weighted by atomic mass is 15.2. The van der Waals surface area contributed by atoms with Crippen LogP contribution in [0.25, 0.3) is 0 Å². The first-order valence-electron chi connectivity index (χ1n) is 7.77. The van der Waals surface area contributed by atoms with Crippen LogP contribution in [0.2, 0.25) is 0 Å². The molecule has 0 amide bonds. The molecule has 1 saturated heterocycles. The number of hydrogen-bond donors (Lipinski definition) is 1. The molecule has 0 bridgehead atoms. The number of rotatable bonds is 5. The topological polar surface area (TPSA) is 29.3 Å². The normalized spacial score (nSPS) is 26.3. The third kappa shape index (κ3) is 3.80. The van der Waals surface area contributed by atoms with Gasteiger partial charge in [0, 0.05) is 25.2 Å². The summed E-state index contributed by atoms with van der Waals surface area (Å²) >= 11 is 0. The van der Waals surface area contributed by atoms with Gasteiger partial charge in [-0.25, -0.2) is 0 Å². The van der Waals surface area contributed by atoms with E-state index in [0.717, 1.165) is 19.5 Å². The maximum absolute atomic E-state index is 6.29. The van der Waals surface area contributed by atoms with Gasteiger partial charge in [0.05, 0.1) is 0 Å². The van der Waals surface area contributed by atoms with Gasteiger partial charge in [0.2, 0.25) is 0 Å². The van der Waals surface area contributed by atoms with Gasteiger partial charge in [-0.1, -0.05) is 50.1 Å². The Bertz CT molecular complexity index is 363. The molecule has 0 aliphatic carbocycles. The zero-order valence-corrected chi connectivity index (χ0v) is 12.4. The van der Waals surface area contributed by atoms with Crippen molar-refractivity contribution in [2.45, 2.75) is 51.6 Å². The Labute approximate surface area is 118 Å². The molecule has 3 atom stereocenters. The SMILES string of the molecule is CCCC[C@@H]1CN(C(C)c2ccccc2)CC[C@H]1N. The minimum Gasteiger partial charge on any atom is -0.327 e. The fraction of sp³-hybridized carbons (Fsp3) is 0.647. The Morgan fingerprint density at radius 3 is 2.74 bits per heavy atom. The molecule has 1 unspecified atom stereocenters. The lowest BCUT2D eigenvalue weighted by atomic mass is 9.87. The summed E-state index contributed by atoms with van der Waals surface area (Å²) < 4.78 is 0. The summed E-state index contributed by atoms with van der Waals surface area (Å²) in [6, 6.07) is 11.8. The van der Waals surface area contributed by atoms with Crippen LogP contribution in [0.15, 0.2) is 30.3 Å². The average molecular weight is 260 g/mol. The van der Waals surface area contributed by atoms with E-state index >= 15 is 0 Å². The van der Waals surface area contributed by atoms with Crippen LogP contribution in [0.5, 0.6) is 0 Å². The van der Waals surface area contributed by atoms with Crippen molar-refractivity contribution in [1.29, 1.82) is 0 Å². The summed E-state index contributed by atoms with van der Waals surface area (Å²) in [5.74, 6) is 0.680. The molecule has 2 N–H and O–H groups in total. The number of hydrogen-bond acceptors (Lipinski definition) is 2. The Kier molecular flexibility index (Phi) is 5.41. The van der Waals surface area contributed by atoms with Crippen LogP contribution in [0, 0.1) is 5.92 Å². The van der Waals surface area contributed by atoms with E-state index in [1.165, 1.54) is 24.8 Å². The summed E-state index contributed by atoms with van der Waals surface area (Å²) in [4.78, 5) is 2.61. The van der Waals surface area contributed by atoms with Crippen LogP contribution in [0.3, 0.4) is 0 Å². The zero-order chi connectivity index (χ0) is 13.7. The van der Waals surface area contributed by atoms with Crippen LogP contribution in [-0.4, -0.2) is 24.0 Å². The average Bonchev–Trinajstić information content (AvgIpc) is 2.46. The van der Waals surface area contributed by atoms with E-state index in [1.54, 1.807) is 0 Å². The zero-order valence-electron chi connectivity index (χ0n) is 12.4. The molecule has 1 aliphatic heterocycles. The molecule has 1 aliphatic rings. The van der Waals surface area contributed by atoms with Gasteiger partial charge in [0.25, 0.3) is 0 Å². The third-order valence-corrected chi connectivity index (χ3v) is 4.58. The molecule has 0 spiro atoms. The van der Waals surface area contributed by atoms with Crippen molar-refractivity contribution in [1.82, 2.24) is 4.90 Å². The second-order valence-corrected chi connectivity index (χ2v) is 5.94. The molecule has 2 heteroatoms. The number of likely N-dealkylation sites (tertiary alicyclic amines) is 1. The number of unbranched alkanes of at least 4 members (excludes halogenated alkanes) is 1. The minimum atomic E-state index is 0.408. The summed E-state index contributed by atoms with van der Waals surface area (Å²) in [7, 11) is 0. The van der Waals surface area contributed by atoms with Crippen molar-refractivity contribution < 1.29 is 0 Å². The molecule has 2 rings (SSSR count). The van der Waals surface area contributed by atoms with Crippen LogP contribution < -0.4 is 5.73 Å². The first-order chi connectivity index (χ1) is 9.22. The lowest BCUT2D eigenvalue weighted by molar-refractivity contribution is 0.110. The molecule has 19 heavy (non-hydrogen) atoms. The molecular formula is C17H28N2. The summed E-state index contributed by atoms with van der Waals surface area (Å²) in [5.41, 5.74) is 7.72. The first kappa shape index (κ1) is 14.5. The van der Waals surface area contributed by atoms with Gasteiger partial charge in [-0.15, -0.1) is 0 Å². The second kappa shape index (κ2) is 7.06. The lowest BCUT2D eigenvalue weighted by Gasteiger charge is -2.40. The van der Waals surface area contributed by atoms with Gasteiger partial charge < -0.3 is 5.73 Å². The van der Waals surface area contributed by atoms with Gasteiger partial charge in [-0.3, -0.25) is 4.90 Å². The smallest absolute Gasteiger partial charge is 0.0320 e. The second-order valence-electron chi connectivity index (χ2n) is 5.94. The maximum atomic E-state index is 6.29. The van der Waals surface area contributed by atoms with Gasteiger partial charge in [-0.05, 0) is 31.2 Å². The van der Waals surface area contributed by atoms with E-state index in [2.05, 4.69) is 49.1 Å². The summed E-state index contributed by atoms with van der Waals surface area (Å²) in [6.45, 7) is 6.89. The van der Waals surface area contributed by atoms with E-state index < -0.39 is 0 Å². The van der Waals surface area contributed by atoms with Crippen molar-refractivity contribution >= 4 is 0 Å². The Balaban J connectivity index is 1.97. The number of piperidine rings is 1. The predicted molar refractivity (Wildman–Crippen MR) is 82.0 cm³/mol. The number of nitrogens with two attached hydrogens (primary N) is 1. The molecule has 0 saturated carbocycles. The van der Waals surface area contributed by atoms with Gasteiger partial charge in [-0.2, -0.15) is 0 Å². The Morgan fingerprint density at radius 2 is 2.05 bits per heavy atom. The quantitative estimate of drug-likeness (QED) is 0.876. The largest absolute Gasteiger partial charge is 0.327 e. The highest BCUT2D eigenvalue weighted by molar-refractivity contribution is 5.18. The molecular weight excluding hydrogens is 232 g/mol. The fourth-order valence-electron chi connectivity index (χ4n) is 3.14. The molecule has 2 nitrogen and oxygen atoms in total. The third-order valence-electron chi connectivity index (χ3n) is 4.58. The fourth-order valence-corrected chi connectivity index (χ4v) is 3.14.